The van der Waals surface area contributed by atoms with Gasteiger partial charge in [-0.2, -0.15) is 0 Å². The van der Waals surface area contributed by atoms with E-state index in [0.717, 1.165) is 25.1 Å². The highest BCUT2D eigenvalue weighted by Crippen LogP contribution is 2.17. The molecule has 0 saturated carbocycles. The minimum Gasteiger partial charge on any atom is -0.293 e. The normalized spacial score (nSPS) is 19.4. The second-order valence-corrected chi connectivity index (χ2v) is 5.46. The summed E-state index contributed by atoms with van der Waals surface area (Å²) in [7, 11) is 0. The van der Waals surface area contributed by atoms with Crippen molar-refractivity contribution < 1.29 is 4.79 Å². The zero-order valence-corrected chi connectivity index (χ0v) is 12.0. The molecule has 2 nitrogen and oxygen atoms in total. The van der Waals surface area contributed by atoms with Gasteiger partial charge in [0.15, 0.2) is 5.78 Å². The maximum absolute atomic E-state index is 12.6. The molecule has 0 radical (unpaired) electrons. The Hall–Kier alpha value is -1.15. The minimum absolute atomic E-state index is 0.0699. The molecule has 19 heavy (non-hydrogen) atoms. The number of ketones is 1. The van der Waals surface area contributed by atoms with E-state index in [1.807, 2.05) is 30.3 Å². The molecular weight excluding hydrogens is 234 g/mol. The monoisotopic (exact) mass is 259 g/mol. The van der Waals surface area contributed by atoms with Gasteiger partial charge in [-0.15, -0.1) is 0 Å². The van der Waals surface area contributed by atoms with E-state index < -0.39 is 0 Å². The third-order valence-electron chi connectivity index (χ3n) is 4.08. The van der Waals surface area contributed by atoms with Crippen LogP contribution in [0.3, 0.4) is 0 Å². The van der Waals surface area contributed by atoms with E-state index in [1.165, 1.54) is 32.1 Å². The number of hydrogen-bond acceptors (Lipinski definition) is 2. The number of benzene rings is 1. The van der Waals surface area contributed by atoms with E-state index in [4.69, 9.17) is 0 Å². The summed E-state index contributed by atoms with van der Waals surface area (Å²) >= 11 is 0. The predicted octanol–water partition coefficient (Wildman–Crippen LogP) is 3.91. The van der Waals surface area contributed by atoms with E-state index in [-0.39, 0.29) is 6.04 Å². The number of hydrogen-bond donors (Lipinski definition) is 0. The van der Waals surface area contributed by atoms with Gasteiger partial charge in [0, 0.05) is 5.56 Å². The summed E-state index contributed by atoms with van der Waals surface area (Å²) in [5, 5.41) is 0. The highest BCUT2D eigenvalue weighted by molar-refractivity contribution is 6.00. The molecule has 1 heterocycles. The van der Waals surface area contributed by atoms with Gasteiger partial charge in [0.25, 0.3) is 0 Å². The number of rotatable bonds is 4. The number of carbonyl (C=O) groups excluding carboxylic acids is 1. The number of nitrogens with zero attached hydrogens (tertiary/aromatic N) is 1. The SMILES string of the molecule is CCC(C(=O)c1ccccc1)N1CCCCCCC1. The summed E-state index contributed by atoms with van der Waals surface area (Å²) in [4.78, 5) is 15.0. The molecule has 0 bridgehead atoms. The highest BCUT2D eigenvalue weighted by atomic mass is 16.1. The summed E-state index contributed by atoms with van der Waals surface area (Å²) in [5.74, 6) is 0.295. The smallest absolute Gasteiger partial charge is 0.179 e. The van der Waals surface area contributed by atoms with Crippen LogP contribution in [-0.4, -0.2) is 29.8 Å². The fourth-order valence-electron chi connectivity index (χ4n) is 2.99. The van der Waals surface area contributed by atoms with Crippen LogP contribution >= 0.6 is 0 Å². The molecule has 2 heteroatoms. The third-order valence-corrected chi connectivity index (χ3v) is 4.08. The van der Waals surface area contributed by atoms with Crippen molar-refractivity contribution in [1.29, 1.82) is 0 Å². The van der Waals surface area contributed by atoms with E-state index in [1.54, 1.807) is 0 Å². The fourth-order valence-corrected chi connectivity index (χ4v) is 2.99. The predicted molar refractivity (Wildman–Crippen MR) is 79.5 cm³/mol. The second-order valence-electron chi connectivity index (χ2n) is 5.46. The van der Waals surface area contributed by atoms with Crippen molar-refractivity contribution in [2.75, 3.05) is 13.1 Å². The molecule has 1 aromatic rings. The van der Waals surface area contributed by atoms with Gasteiger partial charge >= 0.3 is 0 Å². The molecular formula is C17H25NO. The zero-order chi connectivity index (χ0) is 13.5. The molecule has 0 aliphatic carbocycles. The number of carbonyl (C=O) groups is 1. The maximum atomic E-state index is 12.6. The lowest BCUT2D eigenvalue weighted by Gasteiger charge is -2.31. The van der Waals surface area contributed by atoms with Crippen LogP contribution in [0.4, 0.5) is 0 Å². The average Bonchev–Trinajstić information content (AvgIpc) is 2.42. The van der Waals surface area contributed by atoms with Crippen molar-refractivity contribution in [2.45, 2.75) is 51.5 Å². The van der Waals surface area contributed by atoms with Gasteiger partial charge in [-0.25, -0.2) is 0 Å². The molecule has 2 rings (SSSR count). The standard InChI is InChI=1S/C17H25NO/c1-2-16(17(19)15-11-7-6-8-12-15)18-13-9-4-3-5-10-14-18/h6-8,11-12,16H,2-5,9-10,13-14H2,1H3. The quantitative estimate of drug-likeness (QED) is 0.764. The Balaban J connectivity index is 2.07. The van der Waals surface area contributed by atoms with Crippen LogP contribution in [0.15, 0.2) is 30.3 Å². The Kier molecular flexibility index (Phi) is 5.59. The van der Waals surface area contributed by atoms with Gasteiger partial charge in [-0.05, 0) is 32.4 Å². The van der Waals surface area contributed by atoms with Crippen LogP contribution in [0.2, 0.25) is 0 Å². The average molecular weight is 259 g/mol. The van der Waals surface area contributed by atoms with Crippen LogP contribution < -0.4 is 0 Å². The van der Waals surface area contributed by atoms with Crippen molar-refractivity contribution in [2.24, 2.45) is 0 Å². The zero-order valence-electron chi connectivity index (χ0n) is 12.0. The molecule has 104 valence electrons. The Bertz CT molecular complexity index is 380. The van der Waals surface area contributed by atoms with Gasteiger partial charge in [-0.1, -0.05) is 56.5 Å². The van der Waals surface area contributed by atoms with E-state index >= 15 is 0 Å². The number of Topliss-reactive ketones (excluding diaryl/α,β-unsaturated/α-hetero) is 1. The first-order valence-corrected chi connectivity index (χ1v) is 7.66. The summed E-state index contributed by atoms with van der Waals surface area (Å²) in [6.07, 6.45) is 7.36. The van der Waals surface area contributed by atoms with Crippen molar-refractivity contribution >= 4 is 5.78 Å². The molecule has 0 amide bonds. The van der Waals surface area contributed by atoms with Crippen molar-refractivity contribution in [3.8, 4) is 0 Å². The molecule has 1 unspecified atom stereocenters. The second kappa shape index (κ2) is 7.44. The lowest BCUT2D eigenvalue weighted by Crippen LogP contribution is -2.42. The molecule has 0 aromatic heterocycles. The fraction of sp³-hybridized carbons (Fsp3) is 0.588. The van der Waals surface area contributed by atoms with Gasteiger partial charge < -0.3 is 0 Å². The molecule has 1 saturated heterocycles. The Labute approximate surface area is 116 Å². The van der Waals surface area contributed by atoms with Gasteiger partial charge in [0.05, 0.1) is 6.04 Å². The van der Waals surface area contributed by atoms with Crippen LogP contribution in [0.1, 0.15) is 55.8 Å². The van der Waals surface area contributed by atoms with Crippen LogP contribution in [0.25, 0.3) is 0 Å². The first-order valence-electron chi connectivity index (χ1n) is 7.66. The lowest BCUT2D eigenvalue weighted by atomic mass is 9.98. The first-order chi connectivity index (χ1) is 9.33. The van der Waals surface area contributed by atoms with Crippen LogP contribution in [0.5, 0.6) is 0 Å². The molecule has 1 aliphatic heterocycles. The van der Waals surface area contributed by atoms with Gasteiger partial charge in [0.1, 0.15) is 0 Å². The molecule has 0 spiro atoms. The number of likely N-dealkylation sites (tertiary alicyclic amines) is 1. The minimum atomic E-state index is 0.0699. The Morgan fingerprint density at radius 3 is 2.21 bits per heavy atom. The van der Waals surface area contributed by atoms with Crippen molar-refractivity contribution in [3.63, 3.8) is 0 Å². The highest BCUT2D eigenvalue weighted by Gasteiger charge is 2.25. The van der Waals surface area contributed by atoms with E-state index in [2.05, 4.69) is 11.8 Å². The maximum Gasteiger partial charge on any atom is 0.179 e. The summed E-state index contributed by atoms with van der Waals surface area (Å²) < 4.78 is 0. The molecule has 0 N–H and O–H groups in total. The van der Waals surface area contributed by atoms with Crippen molar-refractivity contribution in [1.82, 2.24) is 4.90 Å². The lowest BCUT2D eigenvalue weighted by molar-refractivity contribution is 0.0796. The van der Waals surface area contributed by atoms with E-state index in [0.29, 0.717) is 5.78 Å². The summed E-state index contributed by atoms with van der Waals surface area (Å²) in [6.45, 7) is 4.29. The largest absolute Gasteiger partial charge is 0.293 e. The van der Waals surface area contributed by atoms with E-state index in [9.17, 15) is 4.79 Å². The summed E-state index contributed by atoms with van der Waals surface area (Å²) in [5.41, 5.74) is 0.858. The van der Waals surface area contributed by atoms with Gasteiger partial charge in [-0.3, -0.25) is 9.69 Å². The Morgan fingerprint density at radius 1 is 1.05 bits per heavy atom. The topological polar surface area (TPSA) is 20.3 Å². The van der Waals surface area contributed by atoms with Crippen LogP contribution in [0, 0.1) is 0 Å². The Morgan fingerprint density at radius 2 is 1.63 bits per heavy atom. The first kappa shape index (κ1) is 14.3. The third kappa shape index (κ3) is 3.90. The molecule has 1 aromatic carbocycles. The molecule has 1 atom stereocenters. The van der Waals surface area contributed by atoms with Gasteiger partial charge in [0.2, 0.25) is 0 Å². The van der Waals surface area contributed by atoms with Crippen molar-refractivity contribution in [3.05, 3.63) is 35.9 Å². The van der Waals surface area contributed by atoms with Crippen LogP contribution in [-0.2, 0) is 0 Å². The summed E-state index contributed by atoms with van der Waals surface area (Å²) in [6, 6.07) is 9.82. The molecule has 1 fully saturated rings. The molecule has 1 aliphatic rings.